The lowest BCUT2D eigenvalue weighted by Gasteiger charge is -2.37. The first-order chi connectivity index (χ1) is 55.7. The lowest BCUT2D eigenvalue weighted by atomic mass is 9.69. The highest BCUT2D eigenvalue weighted by Crippen LogP contribution is 2.61. The molecule has 26 nitrogen and oxygen atoms in total. The average molecular weight is 1740 g/mol. The number of nitrogens with zero attached hydrogens (tertiary/aromatic N) is 4. The Morgan fingerprint density at radius 3 is 1.09 bits per heavy atom. The van der Waals surface area contributed by atoms with Gasteiger partial charge in [-0.05, 0) is 240 Å². The van der Waals surface area contributed by atoms with Gasteiger partial charge in [-0.1, -0.05) is 66.8 Å². The number of phenolic OH excluding ortho intramolecular Hbond substituents is 2. The number of allylic oxidation sites excluding steroid dienone is 2. The molecule has 11 rings (SSSR count). The Labute approximate surface area is 705 Å². The molecule has 3 aliphatic heterocycles. The highest BCUT2D eigenvalue weighted by atomic mass is 36.0. The molecule has 116 heavy (non-hydrogen) atoms. The van der Waals surface area contributed by atoms with Crippen molar-refractivity contribution in [3.05, 3.63) is 104 Å². The molecule has 33 heteroatoms. The quantitative estimate of drug-likeness (QED) is 0.0107. The van der Waals surface area contributed by atoms with Crippen LogP contribution in [0.4, 0.5) is 0 Å². The first-order valence-corrected chi connectivity index (χ1v) is 45.2. The molecule has 628 valence electrons. The van der Waals surface area contributed by atoms with Crippen molar-refractivity contribution in [2.24, 2.45) is 71.0 Å². The fourth-order valence-corrected chi connectivity index (χ4v) is 21.1. The molecule has 0 aromatic heterocycles. The van der Waals surface area contributed by atoms with Gasteiger partial charge in [0.15, 0.2) is 0 Å². The second kappa shape index (κ2) is 49.4. The summed E-state index contributed by atoms with van der Waals surface area (Å²) in [6.07, 6.45) is 25.9. The summed E-state index contributed by atoms with van der Waals surface area (Å²) < 4.78 is 57.6. The number of thioether (sulfide) groups is 4. The SMILES string of the molecule is C1CCOC1.C=CC(=O)OCCOC(=O)C1CCC(C2CCC(C(=O)O)CC2)CC1.O=S(Cl)Cl.[C-]#[N+]/C(C#N)=C1/Sc2c(O)cc(C)c(O)c2S1.[C-]#[N+]/C(C#N)=C1/Sc2c(OC(=O)C3CCC(C4CCC(C(=O)OCCOC(=O)C=C)CC4)CC3)cc(C)c(OC(=O)C3CCC(C4CCC(C(=O)OCCOC(=O)C=C)CC4)CC3)c2S1. The van der Waals surface area contributed by atoms with Crippen molar-refractivity contribution in [3.63, 3.8) is 0 Å². The normalized spacial score (nSPS) is 25.1. The van der Waals surface area contributed by atoms with Crippen molar-refractivity contribution in [1.82, 2.24) is 0 Å². The molecule has 0 amide bonds. The maximum atomic E-state index is 13.8. The number of benzene rings is 2. The standard InChI is InChI=1S/C49H58N2O12S2.C19H28O6.C11H6N2O2S2.C4H8O.Cl2OS/c1-5-40(52)58-23-25-60-45(54)34-15-7-30(8-16-34)32-11-19-36(20-12-32)47(56)62-39-27-29(3)42(44-43(39)64-49(65-44)38(28-50)51-4)63-48(57)37-21-13-33(14-22-37)31-9-17-35(18-10-31)46(55)61-26-24-59-41(53)6-2;1-2-17(20)24-11-12-25-19(23)16-9-5-14(6-10-16)13-3-7-15(8-4-13)18(21)22;1-5-3-7(14)9-10(8(5)15)17-11(16-9)6(4-12)13-2;1-2-4-5-3-1;1-4(2)3/h5-6,27,30-37H,1-2,7-26H2,3H3;2,13-16H,1,3-12H2,(H,21,22);3,14-15H,1H3;1-4H2;/b49-38-;;11-6-;;. The maximum Gasteiger partial charge on any atom is 0.330 e. The summed E-state index contributed by atoms with van der Waals surface area (Å²) in [5, 5.41) is 47.2. The fourth-order valence-electron chi connectivity index (χ4n) is 16.1. The molecule has 7 fully saturated rings. The van der Waals surface area contributed by atoms with Crippen molar-refractivity contribution in [2.75, 3.05) is 52.9 Å². The van der Waals surface area contributed by atoms with Gasteiger partial charge in [-0.2, -0.15) is 0 Å². The number of rotatable bonds is 23. The number of carbonyl (C=O) groups is 9. The molecule has 0 spiro atoms. The summed E-state index contributed by atoms with van der Waals surface area (Å²) >= 11 is 4.65. The number of carbonyl (C=O) groups excluding carboxylic acids is 8. The van der Waals surface area contributed by atoms with Crippen molar-refractivity contribution in [1.29, 1.82) is 10.5 Å². The number of hydrogen-bond donors (Lipinski definition) is 3. The number of aliphatic carboxylic acids is 1. The number of carboxylic acids is 1. The number of carboxylic acid groups (broad SMARTS) is 1. The summed E-state index contributed by atoms with van der Waals surface area (Å²) in [6.45, 7) is 30.1. The number of fused-ring (bicyclic) bond motifs is 2. The van der Waals surface area contributed by atoms with Crippen LogP contribution in [0.1, 0.15) is 178 Å². The third-order valence-electron chi connectivity index (χ3n) is 22.4. The molecule has 2 aromatic carbocycles. The van der Waals surface area contributed by atoms with Crippen molar-refractivity contribution >= 4 is 131 Å². The topological polar surface area (TPSA) is 371 Å². The highest BCUT2D eigenvalue weighted by Gasteiger charge is 2.41. The molecule has 1 saturated heterocycles. The van der Waals surface area contributed by atoms with Crippen LogP contribution in [0.2, 0.25) is 0 Å². The van der Waals surface area contributed by atoms with Crippen LogP contribution in [0.5, 0.6) is 23.0 Å². The van der Waals surface area contributed by atoms with E-state index in [0.717, 1.165) is 183 Å². The second-order valence-corrected chi connectivity index (χ2v) is 36.6. The van der Waals surface area contributed by atoms with Crippen LogP contribution < -0.4 is 9.47 Å². The van der Waals surface area contributed by atoms with Crippen LogP contribution >= 0.6 is 68.4 Å². The Morgan fingerprint density at radius 2 is 0.776 bits per heavy atom. The number of aryl methyl sites for hydroxylation is 2. The van der Waals surface area contributed by atoms with Crippen molar-refractivity contribution in [2.45, 2.75) is 200 Å². The Kier molecular flexibility index (Phi) is 40.5. The van der Waals surface area contributed by atoms with Gasteiger partial charge in [-0.3, -0.25) is 28.8 Å². The maximum absolute atomic E-state index is 13.8. The number of halogens is 2. The van der Waals surface area contributed by atoms with E-state index in [-0.39, 0.29) is 128 Å². The number of nitriles is 2. The van der Waals surface area contributed by atoms with E-state index in [9.17, 15) is 58.6 Å². The molecular formula is C83H100Cl2N4O22S5. The predicted octanol–water partition coefficient (Wildman–Crippen LogP) is 17.4. The van der Waals surface area contributed by atoms with E-state index < -0.39 is 33.1 Å². The number of aromatic hydroxyl groups is 2. The highest BCUT2D eigenvalue weighted by molar-refractivity contribution is 8.26. The first-order valence-electron chi connectivity index (χ1n) is 39.1. The van der Waals surface area contributed by atoms with E-state index in [1.165, 1.54) is 42.4 Å². The largest absolute Gasteiger partial charge is 0.507 e. The number of hydrogen-bond acceptors (Lipinski definition) is 27. The van der Waals surface area contributed by atoms with Gasteiger partial charge in [0.05, 0.1) is 88.8 Å². The third-order valence-corrected chi connectivity index (χ3v) is 27.6. The van der Waals surface area contributed by atoms with E-state index in [4.69, 9.17) is 70.4 Å². The zero-order chi connectivity index (χ0) is 84.4. The molecule has 3 heterocycles. The Hall–Kier alpha value is -7.98. The molecule has 0 bridgehead atoms. The summed E-state index contributed by atoms with van der Waals surface area (Å²) in [5.74, 6) is -0.951. The van der Waals surface area contributed by atoms with Gasteiger partial charge < -0.3 is 58.0 Å². The average Bonchev–Trinajstić information content (AvgIpc) is 1.62. The van der Waals surface area contributed by atoms with Crippen LogP contribution in [0.3, 0.4) is 0 Å². The van der Waals surface area contributed by atoms with E-state index in [2.05, 4.69) is 50.8 Å². The Bertz CT molecular complexity index is 4070. The van der Waals surface area contributed by atoms with E-state index in [1.807, 2.05) is 6.07 Å². The minimum absolute atomic E-state index is 0.000877. The molecule has 6 saturated carbocycles. The van der Waals surface area contributed by atoms with Gasteiger partial charge in [-0.15, -0.1) is 0 Å². The van der Waals surface area contributed by atoms with E-state index in [0.29, 0.717) is 112 Å². The fraction of sp³-hybridized carbons (Fsp3) is 0.578. The summed E-state index contributed by atoms with van der Waals surface area (Å²) in [4.78, 5) is 118. The molecule has 3 N–H and O–H groups in total. The second-order valence-electron chi connectivity index (χ2n) is 29.5. The summed E-state index contributed by atoms with van der Waals surface area (Å²) in [5.41, 5.74) is 1.07. The molecule has 2 aromatic rings. The van der Waals surface area contributed by atoms with Gasteiger partial charge in [0, 0.05) is 52.8 Å². The van der Waals surface area contributed by atoms with Gasteiger partial charge in [0.1, 0.15) is 62.6 Å². The molecule has 0 unspecified atom stereocenters. The zero-order valence-corrected chi connectivity index (χ0v) is 70.8. The van der Waals surface area contributed by atoms with Gasteiger partial charge in [0.2, 0.25) is 9.23 Å². The Morgan fingerprint density at radius 1 is 0.474 bits per heavy atom. The first kappa shape index (κ1) is 95.2. The lowest BCUT2D eigenvalue weighted by molar-refractivity contribution is -0.154. The minimum Gasteiger partial charge on any atom is -0.507 e. The molecule has 9 aliphatic rings. The Balaban J connectivity index is 0.000000292. The van der Waals surface area contributed by atoms with Crippen LogP contribution in [-0.2, 0) is 85.5 Å². The van der Waals surface area contributed by atoms with E-state index >= 15 is 0 Å². The summed E-state index contributed by atoms with van der Waals surface area (Å²) in [6, 6.07) is 6.94. The third kappa shape index (κ3) is 29.2. The molecule has 6 aliphatic carbocycles. The van der Waals surface area contributed by atoms with Crippen LogP contribution in [0.25, 0.3) is 9.69 Å². The van der Waals surface area contributed by atoms with Crippen LogP contribution in [0.15, 0.2) is 89.5 Å². The lowest BCUT2D eigenvalue weighted by Crippen LogP contribution is -2.32. The summed E-state index contributed by atoms with van der Waals surface area (Å²) in [7, 11) is 7.36. The van der Waals surface area contributed by atoms with Gasteiger partial charge in [0.25, 0.3) is 11.4 Å². The zero-order valence-electron chi connectivity index (χ0n) is 65.2. The monoisotopic (exact) mass is 1730 g/mol. The smallest absolute Gasteiger partial charge is 0.330 e. The number of phenols is 2. The number of ether oxygens (including phenoxy) is 9. The van der Waals surface area contributed by atoms with Crippen molar-refractivity contribution < 1.29 is 105 Å². The van der Waals surface area contributed by atoms with Gasteiger partial charge >= 0.3 is 53.7 Å². The number of esters is 8. The molecule has 0 radical (unpaired) electrons. The van der Waals surface area contributed by atoms with Crippen LogP contribution in [0, 0.1) is 121 Å². The van der Waals surface area contributed by atoms with Gasteiger partial charge in [-0.25, -0.2) is 38.8 Å². The molecule has 0 atom stereocenters. The molecular weight excluding hydrogens is 1640 g/mol. The minimum atomic E-state index is -1.67. The van der Waals surface area contributed by atoms with E-state index in [1.54, 1.807) is 26.0 Å². The predicted molar refractivity (Wildman–Crippen MR) is 435 cm³/mol. The van der Waals surface area contributed by atoms with Crippen molar-refractivity contribution in [3.8, 4) is 35.1 Å². The van der Waals surface area contributed by atoms with Crippen LogP contribution in [-0.4, -0.2) is 126 Å².